The molecule has 136 valence electrons. The predicted molar refractivity (Wildman–Crippen MR) is 106 cm³/mol. The zero-order valence-corrected chi connectivity index (χ0v) is 15.5. The van der Waals surface area contributed by atoms with Crippen molar-refractivity contribution >= 4 is 32.6 Å². The fraction of sp³-hybridized carbons (Fsp3) is 0.190. The van der Waals surface area contributed by atoms with Crippen LogP contribution in [0, 0.1) is 5.82 Å². The summed E-state index contributed by atoms with van der Waals surface area (Å²) in [5.74, 6) is -0.363. The van der Waals surface area contributed by atoms with Crippen molar-refractivity contribution in [1.29, 1.82) is 0 Å². The number of aromatic nitrogens is 2. The van der Waals surface area contributed by atoms with Gasteiger partial charge in [0, 0.05) is 18.5 Å². The number of thiazole rings is 1. The van der Waals surface area contributed by atoms with Crippen LogP contribution in [0.3, 0.4) is 0 Å². The Hall–Kier alpha value is -2.86. The molecule has 6 heteroatoms. The molecule has 0 radical (unpaired) electrons. The number of hydrogen-bond acceptors (Lipinski definition) is 4. The smallest absolute Gasteiger partial charge is 0.233 e. The third-order valence-electron chi connectivity index (χ3n) is 4.36. The second kappa shape index (κ2) is 7.80. The second-order valence-corrected chi connectivity index (χ2v) is 7.39. The lowest BCUT2D eigenvalue weighted by Gasteiger charge is -2.20. The van der Waals surface area contributed by atoms with Crippen LogP contribution in [0.25, 0.3) is 10.2 Å². The van der Waals surface area contributed by atoms with Crippen molar-refractivity contribution in [2.24, 2.45) is 0 Å². The molecule has 2 aromatic heterocycles. The number of nitrogens with zero attached hydrogens (tertiary/aromatic N) is 3. The Bertz CT molecular complexity index is 1030. The van der Waals surface area contributed by atoms with E-state index in [1.165, 1.54) is 23.5 Å². The molecule has 1 aliphatic rings. The molecule has 4 nitrogen and oxygen atoms in total. The second-order valence-electron chi connectivity index (χ2n) is 6.39. The molecule has 0 bridgehead atoms. The van der Waals surface area contributed by atoms with Crippen LogP contribution in [-0.2, 0) is 11.3 Å². The maximum Gasteiger partial charge on any atom is 0.233 e. The molecule has 3 aromatic rings. The summed E-state index contributed by atoms with van der Waals surface area (Å²) >= 11 is 1.39. The summed E-state index contributed by atoms with van der Waals surface area (Å²) < 4.78 is 14.4. The Morgan fingerprint density at radius 1 is 1.26 bits per heavy atom. The third kappa shape index (κ3) is 4.11. The van der Waals surface area contributed by atoms with Crippen molar-refractivity contribution in [3.63, 3.8) is 0 Å². The molecular weight excluding hydrogens is 361 g/mol. The normalized spacial score (nSPS) is 13.6. The minimum atomic E-state index is -0.331. The highest BCUT2D eigenvalue weighted by molar-refractivity contribution is 7.22. The number of halogens is 1. The minimum Gasteiger partial charge on any atom is -0.283 e. The first-order valence-electron chi connectivity index (χ1n) is 8.80. The van der Waals surface area contributed by atoms with E-state index >= 15 is 0 Å². The number of fused-ring (bicyclic) bond motifs is 1. The van der Waals surface area contributed by atoms with Crippen LogP contribution in [-0.4, -0.2) is 15.9 Å². The lowest BCUT2D eigenvalue weighted by molar-refractivity contribution is -0.118. The summed E-state index contributed by atoms with van der Waals surface area (Å²) in [5, 5.41) is 0.574. The Kier molecular flexibility index (Phi) is 5.07. The first-order chi connectivity index (χ1) is 13.2. The first-order valence-corrected chi connectivity index (χ1v) is 9.61. The minimum absolute atomic E-state index is 0.0313. The van der Waals surface area contributed by atoms with Crippen molar-refractivity contribution < 1.29 is 9.18 Å². The number of benzene rings is 1. The molecule has 0 aliphatic heterocycles. The number of rotatable bonds is 5. The topological polar surface area (TPSA) is 46.1 Å². The SMILES string of the molecule is O=C(CC1=CCCC=C1)N(Cc1cccnc1)c1nc2cc(F)ccc2s1. The van der Waals surface area contributed by atoms with E-state index in [0.717, 1.165) is 28.7 Å². The lowest BCUT2D eigenvalue weighted by Crippen LogP contribution is -2.30. The van der Waals surface area contributed by atoms with Gasteiger partial charge in [0.2, 0.25) is 5.91 Å². The van der Waals surface area contributed by atoms with Gasteiger partial charge >= 0.3 is 0 Å². The molecule has 0 saturated carbocycles. The fourth-order valence-electron chi connectivity index (χ4n) is 3.01. The molecule has 1 amide bonds. The number of anilines is 1. The van der Waals surface area contributed by atoms with Gasteiger partial charge in [-0.2, -0.15) is 0 Å². The Labute approximate surface area is 160 Å². The molecule has 1 aromatic carbocycles. The maximum absolute atomic E-state index is 13.5. The molecule has 1 aliphatic carbocycles. The van der Waals surface area contributed by atoms with Crippen LogP contribution in [0.15, 0.2) is 66.5 Å². The summed E-state index contributed by atoms with van der Waals surface area (Å²) in [4.78, 5) is 23.4. The van der Waals surface area contributed by atoms with E-state index in [-0.39, 0.29) is 11.7 Å². The summed E-state index contributed by atoms with van der Waals surface area (Å²) in [6.45, 7) is 0.381. The highest BCUT2D eigenvalue weighted by Gasteiger charge is 2.21. The van der Waals surface area contributed by atoms with Gasteiger partial charge in [0.05, 0.1) is 23.2 Å². The van der Waals surface area contributed by atoms with Crippen molar-refractivity contribution in [3.05, 3.63) is 77.9 Å². The quantitative estimate of drug-likeness (QED) is 0.625. The number of amides is 1. The number of allylic oxidation sites excluding steroid dienone is 3. The molecule has 0 unspecified atom stereocenters. The zero-order valence-electron chi connectivity index (χ0n) is 14.6. The molecular formula is C21H18FN3OS. The highest BCUT2D eigenvalue weighted by Crippen LogP contribution is 2.31. The Morgan fingerprint density at radius 3 is 2.96 bits per heavy atom. The van der Waals surface area contributed by atoms with Crippen molar-refractivity contribution in [3.8, 4) is 0 Å². The molecule has 0 atom stereocenters. The van der Waals surface area contributed by atoms with E-state index in [9.17, 15) is 9.18 Å². The Balaban J connectivity index is 1.66. The molecule has 0 saturated heterocycles. The van der Waals surface area contributed by atoms with Gasteiger partial charge in [0.15, 0.2) is 5.13 Å². The first kappa shape index (κ1) is 17.5. The van der Waals surface area contributed by atoms with Gasteiger partial charge in [0.25, 0.3) is 0 Å². The van der Waals surface area contributed by atoms with E-state index in [0.29, 0.717) is 23.6 Å². The van der Waals surface area contributed by atoms with Crippen LogP contribution in [0.1, 0.15) is 24.8 Å². The van der Waals surface area contributed by atoms with E-state index in [4.69, 9.17) is 0 Å². The van der Waals surface area contributed by atoms with Crippen LogP contribution >= 0.6 is 11.3 Å². The molecule has 0 fully saturated rings. The molecule has 2 heterocycles. The molecule has 27 heavy (non-hydrogen) atoms. The van der Waals surface area contributed by atoms with Crippen LogP contribution in [0.5, 0.6) is 0 Å². The summed E-state index contributed by atoms with van der Waals surface area (Å²) in [6.07, 6.45) is 11.9. The zero-order chi connectivity index (χ0) is 18.6. The van der Waals surface area contributed by atoms with Gasteiger partial charge in [-0.05, 0) is 42.2 Å². The van der Waals surface area contributed by atoms with Gasteiger partial charge in [-0.3, -0.25) is 14.7 Å². The summed E-state index contributed by atoms with van der Waals surface area (Å²) in [7, 11) is 0. The molecule has 4 rings (SSSR count). The van der Waals surface area contributed by atoms with Crippen LogP contribution in [0.2, 0.25) is 0 Å². The Morgan fingerprint density at radius 2 is 2.19 bits per heavy atom. The summed E-state index contributed by atoms with van der Waals surface area (Å²) in [6, 6.07) is 8.28. The van der Waals surface area contributed by atoms with Crippen molar-refractivity contribution in [1.82, 2.24) is 9.97 Å². The highest BCUT2D eigenvalue weighted by atomic mass is 32.1. The molecule has 0 spiro atoms. The summed E-state index contributed by atoms with van der Waals surface area (Å²) in [5.41, 5.74) is 2.51. The van der Waals surface area contributed by atoms with E-state index in [1.807, 2.05) is 18.2 Å². The van der Waals surface area contributed by atoms with Crippen LogP contribution in [0.4, 0.5) is 9.52 Å². The fourth-order valence-corrected chi connectivity index (χ4v) is 3.97. The van der Waals surface area contributed by atoms with Gasteiger partial charge in [-0.1, -0.05) is 35.6 Å². The van der Waals surface area contributed by atoms with Crippen molar-refractivity contribution in [2.75, 3.05) is 4.90 Å². The molecule has 0 N–H and O–H groups in total. The largest absolute Gasteiger partial charge is 0.283 e. The van der Waals surface area contributed by atoms with E-state index in [1.54, 1.807) is 23.4 Å². The lowest BCUT2D eigenvalue weighted by atomic mass is 10.0. The van der Waals surface area contributed by atoms with Crippen molar-refractivity contribution in [2.45, 2.75) is 25.8 Å². The standard InChI is InChI=1S/C21H18FN3OS/c22-17-8-9-19-18(12-17)24-21(27-19)25(14-16-7-4-10-23-13-16)20(26)11-15-5-2-1-3-6-15/h2,4-10,12-13H,1,3,11,14H2. The van der Waals surface area contributed by atoms with Gasteiger partial charge in [0.1, 0.15) is 5.82 Å². The number of pyridine rings is 1. The maximum atomic E-state index is 13.5. The monoisotopic (exact) mass is 379 g/mol. The van der Waals surface area contributed by atoms with E-state index < -0.39 is 0 Å². The average molecular weight is 379 g/mol. The van der Waals surface area contributed by atoms with Gasteiger partial charge in [-0.15, -0.1) is 0 Å². The third-order valence-corrected chi connectivity index (χ3v) is 5.42. The van der Waals surface area contributed by atoms with Gasteiger partial charge in [-0.25, -0.2) is 9.37 Å². The van der Waals surface area contributed by atoms with Crippen LogP contribution < -0.4 is 4.90 Å². The average Bonchev–Trinajstić information content (AvgIpc) is 3.10. The number of carbonyl (C=O) groups excluding carboxylic acids is 1. The number of carbonyl (C=O) groups is 1. The number of hydrogen-bond donors (Lipinski definition) is 0. The van der Waals surface area contributed by atoms with Gasteiger partial charge < -0.3 is 0 Å². The predicted octanol–water partition coefficient (Wildman–Crippen LogP) is 5.03. The van der Waals surface area contributed by atoms with E-state index in [2.05, 4.69) is 22.1 Å².